The Hall–Kier alpha value is -2.19. The van der Waals surface area contributed by atoms with Gasteiger partial charge in [-0.15, -0.1) is 5.10 Å². The van der Waals surface area contributed by atoms with E-state index in [1.54, 1.807) is 0 Å². The van der Waals surface area contributed by atoms with Crippen LogP contribution in [0.15, 0.2) is 0 Å². The number of hydrogen-bond acceptors (Lipinski definition) is 3. The number of nitrogens with two attached hydrogens (primary N) is 1. The normalized spacial score (nSPS) is 14.7. The Morgan fingerprint density at radius 2 is 1.48 bits per heavy atom. The fraction of sp³-hybridized carbons (Fsp3) is 0.333. The molecule has 0 aliphatic heterocycles. The summed E-state index contributed by atoms with van der Waals surface area (Å²) in [5.74, 6) is -9.74. The minimum absolute atomic E-state index is 0.0567. The first-order chi connectivity index (χ1) is 9.91. The van der Waals surface area contributed by atoms with Crippen LogP contribution in [-0.4, -0.2) is 15.0 Å². The molecule has 1 aromatic heterocycles. The fourth-order valence-electron chi connectivity index (χ4n) is 2.17. The standard InChI is InChI=1S/C12H9F5N4/c13-6-5(7(14)9(16)10(17)8(6)15)3-21-11(4-1-2-4)12(18)19-20-21/h4H,1-3,18H2. The summed E-state index contributed by atoms with van der Waals surface area (Å²) in [6.45, 7) is -0.623. The molecule has 0 spiro atoms. The summed E-state index contributed by atoms with van der Waals surface area (Å²) >= 11 is 0. The fourth-order valence-corrected chi connectivity index (χ4v) is 2.17. The van der Waals surface area contributed by atoms with Crippen LogP contribution in [-0.2, 0) is 6.54 Å². The molecule has 4 nitrogen and oxygen atoms in total. The summed E-state index contributed by atoms with van der Waals surface area (Å²) in [6, 6.07) is 0. The predicted molar refractivity (Wildman–Crippen MR) is 61.7 cm³/mol. The van der Waals surface area contributed by atoms with Gasteiger partial charge in [0.1, 0.15) is 0 Å². The molecule has 112 valence electrons. The number of hydrogen-bond donors (Lipinski definition) is 1. The van der Waals surface area contributed by atoms with Gasteiger partial charge in [0.2, 0.25) is 5.82 Å². The van der Waals surface area contributed by atoms with Crippen LogP contribution < -0.4 is 5.73 Å². The van der Waals surface area contributed by atoms with Crippen molar-refractivity contribution in [2.24, 2.45) is 0 Å². The van der Waals surface area contributed by atoms with Gasteiger partial charge in [-0.05, 0) is 12.8 Å². The Bertz CT molecular complexity index is 694. The second-order valence-corrected chi connectivity index (χ2v) is 4.84. The lowest BCUT2D eigenvalue weighted by molar-refractivity contribution is 0.366. The highest BCUT2D eigenvalue weighted by atomic mass is 19.2. The molecule has 1 aliphatic carbocycles. The monoisotopic (exact) mass is 304 g/mol. The lowest BCUT2D eigenvalue weighted by Crippen LogP contribution is -2.13. The topological polar surface area (TPSA) is 56.7 Å². The van der Waals surface area contributed by atoms with Gasteiger partial charge in [-0.3, -0.25) is 0 Å². The summed E-state index contributed by atoms with van der Waals surface area (Å²) in [6.07, 6.45) is 1.63. The van der Waals surface area contributed by atoms with E-state index in [9.17, 15) is 22.0 Å². The Balaban J connectivity index is 2.07. The largest absolute Gasteiger partial charge is 0.381 e. The SMILES string of the molecule is Nc1nnn(Cc2c(F)c(F)c(F)c(F)c2F)c1C1CC1. The molecule has 0 radical (unpaired) electrons. The van der Waals surface area contributed by atoms with E-state index in [0.29, 0.717) is 5.69 Å². The number of anilines is 1. The van der Waals surface area contributed by atoms with Crippen molar-refractivity contribution in [3.63, 3.8) is 0 Å². The summed E-state index contributed by atoms with van der Waals surface area (Å²) in [4.78, 5) is 0. The highest BCUT2D eigenvalue weighted by molar-refractivity contribution is 5.38. The average molecular weight is 304 g/mol. The summed E-state index contributed by atoms with van der Waals surface area (Å²) in [5, 5.41) is 7.19. The third-order valence-electron chi connectivity index (χ3n) is 3.37. The second-order valence-electron chi connectivity index (χ2n) is 4.84. The first kappa shape index (κ1) is 13.8. The van der Waals surface area contributed by atoms with E-state index in [2.05, 4.69) is 10.3 Å². The molecule has 0 bridgehead atoms. The van der Waals surface area contributed by atoms with Crippen molar-refractivity contribution < 1.29 is 22.0 Å². The molecule has 0 unspecified atom stereocenters. The summed E-state index contributed by atoms with van der Waals surface area (Å²) in [7, 11) is 0. The number of rotatable bonds is 3. The second kappa shape index (κ2) is 4.68. The highest BCUT2D eigenvalue weighted by Crippen LogP contribution is 2.42. The maximum Gasteiger partial charge on any atom is 0.200 e. The van der Waals surface area contributed by atoms with Crippen LogP contribution >= 0.6 is 0 Å². The Kier molecular flexibility index (Phi) is 3.07. The Morgan fingerprint density at radius 1 is 0.952 bits per heavy atom. The molecule has 1 saturated carbocycles. The molecule has 3 rings (SSSR count). The summed E-state index contributed by atoms with van der Waals surface area (Å²) in [5.41, 5.74) is 5.10. The quantitative estimate of drug-likeness (QED) is 0.538. The van der Waals surface area contributed by atoms with Crippen molar-refractivity contribution >= 4 is 5.82 Å². The van der Waals surface area contributed by atoms with Crippen LogP contribution in [0.5, 0.6) is 0 Å². The molecule has 2 N–H and O–H groups in total. The van der Waals surface area contributed by atoms with Crippen molar-refractivity contribution in [3.05, 3.63) is 40.3 Å². The first-order valence-corrected chi connectivity index (χ1v) is 6.11. The van der Waals surface area contributed by atoms with Gasteiger partial charge in [0.05, 0.1) is 17.8 Å². The molecule has 21 heavy (non-hydrogen) atoms. The number of nitrogens with zero attached hydrogens (tertiary/aromatic N) is 3. The van der Waals surface area contributed by atoms with Crippen molar-refractivity contribution in [3.8, 4) is 0 Å². The molecular weight excluding hydrogens is 295 g/mol. The molecule has 0 atom stereocenters. The molecule has 1 aliphatic rings. The minimum Gasteiger partial charge on any atom is -0.381 e. The maximum absolute atomic E-state index is 13.6. The lowest BCUT2D eigenvalue weighted by atomic mass is 10.1. The molecular formula is C12H9F5N4. The molecule has 0 saturated heterocycles. The van der Waals surface area contributed by atoms with Crippen LogP contribution in [0.4, 0.5) is 27.8 Å². The van der Waals surface area contributed by atoms with Crippen LogP contribution in [0, 0.1) is 29.1 Å². The number of nitrogen functional groups attached to an aromatic ring is 1. The Morgan fingerprint density at radius 3 is 2.00 bits per heavy atom. The van der Waals surface area contributed by atoms with Crippen LogP contribution in [0.25, 0.3) is 0 Å². The zero-order valence-electron chi connectivity index (χ0n) is 10.5. The van der Waals surface area contributed by atoms with E-state index in [-0.39, 0.29) is 11.7 Å². The van der Waals surface area contributed by atoms with Gasteiger partial charge in [0.15, 0.2) is 29.1 Å². The third kappa shape index (κ3) is 2.12. The lowest BCUT2D eigenvalue weighted by Gasteiger charge is -2.10. The van der Waals surface area contributed by atoms with Gasteiger partial charge in [-0.1, -0.05) is 5.21 Å². The molecule has 1 heterocycles. The van der Waals surface area contributed by atoms with Crippen LogP contribution in [0.3, 0.4) is 0 Å². The smallest absolute Gasteiger partial charge is 0.200 e. The molecule has 9 heteroatoms. The zero-order valence-corrected chi connectivity index (χ0v) is 10.5. The van der Waals surface area contributed by atoms with Gasteiger partial charge in [-0.25, -0.2) is 26.6 Å². The van der Waals surface area contributed by atoms with Gasteiger partial charge < -0.3 is 5.73 Å². The minimum atomic E-state index is -2.19. The summed E-state index contributed by atoms with van der Waals surface area (Å²) < 4.78 is 67.6. The number of aromatic nitrogens is 3. The number of halogens is 5. The third-order valence-corrected chi connectivity index (χ3v) is 3.37. The van der Waals surface area contributed by atoms with Crippen molar-refractivity contribution in [2.75, 3.05) is 5.73 Å². The van der Waals surface area contributed by atoms with Crippen molar-refractivity contribution in [1.82, 2.24) is 15.0 Å². The highest BCUT2D eigenvalue weighted by Gasteiger charge is 2.32. The van der Waals surface area contributed by atoms with Gasteiger partial charge in [0.25, 0.3) is 0 Å². The van der Waals surface area contributed by atoms with Gasteiger partial charge in [-0.2, -0.15) is 0 Å². The van der Waals surface area contributed by atoms with E-state index in [1.165, 1.54) is 0 Å². The maximum atomic E-state index is 13.6. The van der Waals surface area contributed by atoms with E-state index >= 15 is 0 Å². The van der Waals surface area contributed by atoms with E-state index in [0.717, 1.165) is 17.5 Å². The van der Waals surface area contributed by atoms with E-state index < -0.39 is 41.2 Å². The first-order valence-electron chi connectivity index (χ1n) is 6.11. The average Bonchev–Trinajstić information content (AvgIpc) is 3.23. The van der Waals surface area contributed by atoms with Crippen molar-refractivity contribution in [1.29, 1.82) is 0 Å². The van der Waals surface area contributed by atoms with E-state index in [1.807, 2.05) is 0 Å². The van der Waals surface area contributed by atoms with Crippen LogP contribution in [0.1, 0.15) is 30.0 Å². The van der Waals surface area contributed by atoms with Gasteiger partial charge >= 0.3 is 0 Å². The van der Waals surface area contributed by atoms with Crippen LogP contribution in [0.2, 0.25) is 0 Å². The molecule has 2 aromatic rings. The number of benzene rings is 1. The zero-order chi connectivity index (χ0) is 15.3. The molecule has 0 amide bonds. The Labute approximate surface area is 115 Å². The molecule has 1 fully saturated rings. The predicted octanol–water partition coefficient (Wildman–Crippen LogP) is 2.48. The molecule has 1 aromatic carbocycles. The van der Waals surface area contributed by atoms with Gasteiger partial charge in [0, 0.05) is 5.92 Å². The van der Waals surface area contributed by atoms with Crippen molar-refractivity contribution in [2.45, 2.75) is 25.3 Å². The van der Waals surface area contributed by atoms with E-state index in [4.69, 9.17) is 5.73 Å².